The minimum atomic E-state index is -0.448. The molecule has 0 unspecified atom stereocenters. The van der Waals surface area contributed by atoms with Crippen molar-refractivity contribution in [3.63, 3.8) is 0 Å². The molecule has 0 aliphatic heterocycles. The summed E-state index contributed by atoms with van der Waals surface area (Å²) in [5.74, 6) is 0.828. The van der Waals surface area contributed by atoms with E-state index in [0.717, 1.165) is 22.6 Å². The zero-order valence-corrected chi connectivity index (χ0v) is 14.4. The van der Waals surface area contributed by atoms with Crippen LogP contribution in [0.4, 0.5) is 5.69 Å². The summed E-state index contributed by atoms with van der Waals surface area (Å²) in [5.41, 5.74) is 3.64. The summed E-state index contributed by atoms with van der Waals surface area (Å²) in [5, 5.41) is 3.37. The van der Waals surface area contributed by atoms with Crippen molar-refractivity contribution in [2.75, 3.05) is 12.4 Å². The molecule has 3 rings (SSSR count). The third kappa shape index (κ3) is 4.07. The van der Waals surface area contributed by atoms with Gasteiger partial charge in [0.15, 0.2) is 5.78 Å². The monoisotopic (exact) mass is 331 g/mol. The maximum Gasteiger partial charge on any atom is 0.189 e. The maximum absolute atomic E-state index is 13.1. The van der Waals surface area contributed by atoms with Crippen molar-refractivity contribution in [1.29, 1.82) is 0 Å². The van der Waals surface area contributed by atoms with E-state index in [2.05, 4.69) is 5.32 Å². The fourth-order valence-electron chi connectivity index (χ4n) is 2.77. The summed E-state index contributed by atoms with van der Waals surface area (Å²) in [6.07, 6.45) is 0. The number of aryl methyl sites for hydroxylation is 1. The van der Waals surface area contributed by atoms with Gasteiger partial charge in [0, 0.05) is 11.3 Å². The highest BCUT2D eigenvalue weighted by Crippen LogP contribution is 2.25. The summed E-state index contributed by atoms with van der Waals surface area (Å²) in [4.78, 5) is 13.1. The van der Waals surface area contributed by atoms with E-state index in [-0.39, 0.29) is 5.78 Å². The molecular formula is C22H21NO2. The van der Waals surface area contributed by atoms with Gasteiger partial charge >= 0.3 is 0 Å². The van der Waals surface area contributed by atoms with Crippen molar-refractivity contribution >= 4 is 11.5 Å². The summed E-state index contributed by atoms with van der Waals surface area (Å²) in [7, 11) is 1.64. The van der Waals surface area contributed by atoms with E-state index in [9.17, 15) is 4.79 Å². The van der Waals surface area contributed by atoms with Crippen LogP contribution in [0.15, 0.2) is 78.9 Å². The quantitative estimate of drug-likeness (QED) is 0.643. The second-order valence-corrected chi connectivity index (χ2v) is 5.95. The van der Waals surface area contributed by atoms with E-state index < -0.39 is 6.04 Å². The molecule has 3 aromatic carbocycles. The van der Waals surface area contributed by atoms with Crippen molar-refractivity contribution in [2.45, 2.75) is 13.0 Å². The lowest BCUT2D eigenvalue weighted by Gasteiger charge is -2.20. The first-order valence-electron chi connectivity index (χ1n) is 8.24. The van der Waals surface area contributed by atoms with Crippen LogP contribution in [0.5, 0.6) is 5.75 Å². The Kier molecular flexibility index (Phi) is 5.14. The van der Waals surface area contributed by atoms with E-state index in [1.807, 2.05) is 85.8 Å². The first-order valence-corrected chi connectivity index (χ1v) is 8.24. The Hall–Kier alpha value is -3.07. The van der Waals surface area contributed by atoms with Crippen LogP contribution in [0.1, 0.15) is 27.5 Å². The number of hydrogen-bond donors (Lipinski definition) is 1. The Balaban J connectivity index is 1.95. The maximum atomic E-state index is 13.1. The lowest BCUT2D eigenvalue weighted by molar-refractivity contribution is 0.0969. The molecule has 3 aromatic rings. The van der Waals surface area contributed by atoms with E-state index in [4.69, 9.17) is 4.74 Å². The third-order valence-corrected chi connectivity index (χ3v) is 4.10. The molecule has 0 saturated carbocycles. The average Bonchev–Trinajstić information content (AvgIpc) is 2.67. The Bertz CT molecular complexity index is 841. The Labute approximate surface area is 148 Å². The van der Waals surface area contributed by atoms with Crippen molar-refractivity contribution in [3.05, 3.63) is 95.6 Å². The molecule has 0 amide bonds. The second-order valence-electron chi connectivity index (χ2n) is 5.95. The number of benzene rings is 3. The highest BCUT2D eigenvalue weighted by Gasteiger charge is 2.22. The van der Waals surface area contributed by atoms with Gasteiger partial charge in [0.1, 0.15) is 11.8 Å². The van der Waals surface area contributed by atoms with Crippen LogP contribution in [0.3, 0.4) is 0 Å². The molecule has 0 heterocycles. The number of anilines is 1. The van der Waals surface area contributed by atoms with Gasteiger partial charge in [-0.25, -0.2) is 0 Å². The average molecular weight is 331 g/mol. The van der Waals surface area contributed by atoms with E-state index in [1.54, 1.807) is 7.11 Å². The molecule has 0 radical (unpaired) electrons. The van der Waals surface area contributed by atoms with E-state index >= 15 is 0 Å². The van der Waals surface area contributed by atoms with Gasteiger partial charge in [-0.1, -0.05) is 60.2 Å². The molecule has 0 spiro atoms. The Morgan fingerprint density at radius 3 is 2.28 bits per heavy atom. The molecule has 1 atom stereocenters. The van der Waals surface area contributed by atoms with Crippen molar-refractivity contribution in [2.24, 2.45) is 0 Å². The number of Topliss-reactive ketones (excluding diaryl/α,β-unsaturated/α-hetero) is 1. The number of rotatable bonds is 6. The van der Waals surface area contributed by atoms with Crippen molar-refractivity contribution in [3.8, 4) is 5.75 Å². The summed E-state index contributed by atoms with van der Waals surface area (Å²) in [6, 6.07) is 24.5. The van der Waals surface area contributed by atoms with Crippen LogP contribution >= 0.6 is 0 Å². The van der Waals surface area contributed by atoms with E-state index in [1.165, 1.54) is 0 Å². The number of ketones is 1. The number of carbonyl (C=O) groups is 1. The molecule has 0 aliphatic carbocycles. The van der Waals surface area contributed by atoms with Gasteiger partial charge in [-0.05, 0) is 36.8 Å². The van der Waals surface area contributed by atoms with Crippen LogP contribution < -0.4 is 10.1 Å². The van der Waals surface area contributed by atoms with Gasteiger partial charge < -0.3 is 10.1 Å². The molecule has 0 bridgehead atoms. The molecule has 25 heavy (non-hydrogen) atoms. The van der Waals surface area contributed by atoms with Gasteiger partial charge in [-0.3, -0.25) is 4.79 Å². The number of carbonyl (C=O) groups excluding carboxylic acids is 1. The number of ether oxygens (including phenoxy) is 1. The van der Waals surface area contributed by atoms with Crippen LogP contribution in [-0.4, -0.2) is 12.9 Å². The van der Waals surface area contributed by atoms with Crippen molar-refractivity contribution < 1.29 is 9.53 Å². The third-order valence-electron chi connectivity index (χ3n) is 4.10. The summed E-state index contributed by atoms with van der Waals surface area (Å²) >= 11 is 0. The molecular weight excluding hydrogens is 310 g/mol. The molecule has 0 fully saturated rings. The van der Waals surface area contributed by atoms with E-state index in [0.29, 0.717) is 5.56 Å². The molecule has 3 heteroatoms. The fourth-order valence-corrected chi connectivity index (χ4v) is 2.77. The van der Waals surface area contributed by atoms with Crippen LogP contribution in [0.25, 0.3) is 0 Å². The topological polar surface area (TPSA) is 38.3 Å². The minimum absolute atomic E-state index is 0.0435. The Morgan fingerprint density at radius 1 is 0.920 bits per heavy atom. The lowest BCUT2D eigenvalue weighted by Crippen LogP contribution is -2.21. The van der Waals surface area contributed by atoms with Crippen LogP contribution in [-0.2, 0) is 0 Å². The number of nitrogens with one attached hydrogen (secondary N) is 1. The minimum Gasteiger partial charge on any atom is -0.497 e. The molecule has 126 valence electrons. The highest BCUT2D eigenvalue weighted by atomic mass is 16.5. The standard InChI is InChI=1S/C22H21NO2/c1-16-7-6-10-18(15-16)21(22(24)17-8-4-3-5-9-17)23-19-11-13-20(25-2)14-12-19/h3-15,21,23H,1-2H3/t21-/m0/s1. The fraction of sp³-hybridized carbons (Fsp3) is 0.136. The second kappa shape index (κ2) is 7.67. The van der Waals surface area contributed by atoms with Gasteiger partial charge in [-0.2, -0.15) is 0 Å². The summed E-state index contributed by atoms with van der Waals surface area (Å²) < 4.78 is 5.20. The highest BCUT2D eigenvalue weighted by molar-refractivity contribution is 6.02. The molecule has 0 aromatic heterocycles. The molecule has 0 aliphatic rings. The predicted octanol–water partition coefficient (Wildman–Crippen LogP) is 5.04. The smallest absolute Gasteiger partial charge is 0.189 e. The zero-order valence-electron chi connectivity index (χ0n) is 14.4. The van der Waals surface area contributed by atoms with Gasteiger partial charge in [-0.15, -0.1) is 0 Å². The van der Waals surface area contributed by atoms with Crippen LogP contribution in [0.2, 0.25) is 0 Å². The molecule has 3 nitrogen and oxygen atoms in total. The van der Waals surface area contributed by atoms with Crippen molar-refractivity contribution in [1.82, 2.24) is 0 Å². The Morgan fingerprint density at radius 2 is 1.64 bits per heavy atom. The summed E-state index contributed by atoms with van der Waals surface area (Å²) in [6.45, 7) is 2.03. The molecule has 0 saturated heterocycles. The predicted molar refractivity (Wildman–Crippen MR) is 101 cm³/mol. The lowest BCUT2D eigenvalue weighted by atomic mass is 9.96. The zero-order chi connectivity index (χ0) is 17.6. The van der Waals surface area contributed by atoms with Crippen LogP contribution in [0, 0.1) is 6.92 Å². The van der Waals surface area contributed by atoms with Gasteiger partial charge in [0.2, 0.25) is 0 Å². The van der Waals surface area contributed by atoms with Gasteiger partial charge in [0.05, 0.1) is 7.11 Å². The normalized spacial score (nSPS) is 11.6. The number of methoxy groups -OCH3 is 1. The van der Waals surface area contributed by atoms with Gasteiger partial charge in [0.25, 0.3) is 0 Å². The molecule has 1 N–H and O–H groups in total. The number of hydrogen-bond acceptors (Lipinski definition) is 3. The first kappa shape index (κ1) is 16.8. The first-order chi connectivity index (χ1) is 12.2. The largest absolute Gasteiger partial charge is 0.497 e. The SMILES string of the molecule is COc1ccc(N[C@H](C(=O)c2ccccc2)c2cccc(C)c2)cc1.